The van der Waals surface area contributed by atoms with E-state index in [9.17, 15) is 9.59 Å². The first-order valence-electron chi connectivity index (χ1n) is 7.76. The van der Waals surface area contributed by atoms with Gasteiger partial charge in [-0.3, -0.25) is 9.59 Å². The Morgan fingerprint density at radius 3 is 2.62 bits per heavy atom. The minimum Gasteiger partial charge on any atom is -0.361 e. The molecule has 0 fully saturated rings. The van der Waals surface area contributed by atoms with Gasteiger partial charge in [-0.2, -0.15) is 0 Å². The van der Waals surface area contributed by atoms with Crippen LogP contribution < -0.4 is 10.6 Å². The number of aryl methyl sites for hydroxylation is 1. The van der Waals surface area contributed by atoms with Crippen LogP contribution in [-0.2, 0) is 16.0 Å². The van der Waals surface area contributed by atoms with Gasteiger partial charge in [0.2, 0.25) is 11.8 Å². The average Bonchev–Trinajstić information content (AvgIpc) is 2.93. The molecule has 2 aromatic carbocycles. The average molecular weight is 321 g/mol. The van der Waals surface area contributed by atoms with Crippen molar-refractivity contribution in [2.75, 3.05) is 10.6 Å². The summed E-state index contributed by atoms with van der Waals surface area (Å²) in [5.41, 5.74) is 4.35. The molecule has 0 aliphatic carbocycles. The lowest BCUT2D eigenvalue weighted by molar-refractivity contribution is -0.116. The van der Waals surface area contributed by atoms with Crippen molar-refractivity contribution >= 4 is 34.1 Å². The van der Waals surface area contributed by atoms with Gasteiger partial charge in [-0.15, -0.1) is 0 Å². The standard InChI is InChI=1S/C19H19N3O2/c1-12-9-15(7-8-17(12)21-13(2)23)22-19(24)10-14-11-20-18-6-4-3-5-16(14)18/h3-9,11,20H,10H2,1-2H3,(H,21,23)(H,22,24). The predicted octanol–water partition coefficient (Wildman–Crippen LogP) is 3.62. The van der Waals surface area contributed by atoms with Crippen molar-refractivity contribution in [1.82, 2.24) is 4.98 Å². The van der Waals surface area contributed by atoms with Crippen LogP contribution in [0.25, 0.3) is 10.9 Å². The number of aromatic amines is 1. The first kappa shape index (κ1) is 15.8. The van der Waals surface area contributed by atoms with Crippen molar-refractivity contribution in [1.29, 1.82) is 0 Å². The molecular weight excluding hydrogens is 302 g/mol. The number of amides is 2. The third kappa shape index (κ3) is 3.46. The van der Waals surface area contributed by atoms with Crippen molar-refractivity contribution in [3.8, 4) is 0 Å². The molecule has 0 aliphatic heterocycles. The van der Waals surface area contributed by atoms with E-state index >= 15 is 0 Å². The summed E-state index contributed by atoms with van der Waals surface area (Å²) in [4.78, 5) is 26.6. The molecule has 0 saturated carbocycles. The molecule has 1 heterocycles. The maximum Gasteiger partial charge on any atom is 0.228 e. The van der Waals surface area contributed by atoms with E-state index < -0.39 is 0 Å². The van der Waals surface area contributed by atoms with E-state index in [1.165, 1.54) is 6.92 Å². The molecule has 0 unspecified atom stereocenters. The van der Waals surface area contributed by atoms with Gasteiger partial charge in [-0.1, -0.05) is 18.2 Å². The zero-order chi connectivity index (χ0) is 17.1. The van der Waals surface area contributed by atoms with Crippen LogP contribution in [0.1, 0.15) is 18.1 Å². The second kappa shape index (κ2) is 6.58. The molecule has 0 radical (unpaired) electrons. The topological polar surface area (TPSA) is 74.0 Å². The van der Waals surface area contributed by atoms with Crippen LogP contribution in [0.2, 0.25) is 0 Å². The van der Waals surface area contributed by atoms with Gasteiger partial charge >= 0.3 is 0 Å². The molecule has 5 nitrogen and oxygen atoms in total. The van der Waals surface area contributed by atoms with Gasteiger partial charge in [0.1, 0.15) is 0 Å². The maximum atomic E-state index is 12.3. The number of benzene rings is 2. The van der Waals surface area contributed by atoms with E-state index in [0.717, 1.165) is 27.7 Å². The van der Waals surface area contributed by atoms with Gasteiger partial charge in [-0.05, 0) is 42.3 Å². The smallest absolute Gasteiger partial charge is 0.228 e. The summed E-state index contributed by atoms with van der Waals surface area (Å²) >= 11 is 0. The van der Waals surface area contributed by atoms with Crippen LogP contribution in [0.15, 0.2) is 48.7 Å². The molecule has 3 aromatic rings. The molecule has 1 aromatic heterocycles. The second-order valence-corrected chi connectivity index (χ2v) is 5.80. The van der Waals surface area contributed by atoms with Crippen molar-refractivity contribution in [3.63, 3.8) is 0 Å². The van der Waals surface area contributed by atoms with Crippen LogP contribution in [0.3, 0.4) is 0 Å². The van der Waals surface area contributed by atoms with Gasteiger partial charge in [0.15, 0.2) is 0 Å². The highest BCUT2D eigenvalue weighted by Gasteiger charge is 2.09. The zero-order valence-corrected chi connectivity index (χ0v) is 13.6. The SMILES string of the molecule is CC(=O)Nc1ccc(NC(=O)Cc2c[nH]c3ccccc23)cc1C. The predicted molar refractivity (Wildman–Crippen MR) is 96.1 cm³/mol. The minimum atomic E-state index is -0.116. The Labute approximate surface area is 140 Å². The fraction of sp³-hybridized carbons (Fsp3) is 0.158. The Balaban J connectivity index is 1.71. The number of fused-ring (bicyclic) bond motifs is 1. The molecule has 0 bridgehead atoms. The quantitative estimate of drug-likeness (QED) is 0.686. The van der Waals surface area contributed by atoms with Gasteiger partial charge in [0, 0.05) is 35.4 Å². The van der Waals surface area contributed by atoms with Crippen LogP contribution in [0, 0.1) is 6.92 Å². The molecule has 0 saturated heterocycles. The highest BCUT2D eigenvalue weighted by molar-refractivity contribution is 5.96. The number of nitrogens with one attached hydrogen (secondary N) is 3. The number of anilines is 2. The van der Waals surface area contributed by atoms with Crippen LogP contribution in [-0.4, -0.2) is 16.8 Å². The number of rotatable bonds is 4. The Bertz CT molecular complexity index is 912. The number of aromatic nitrogens is 1. The fourth-order valence-electron chi connectivity index (χ4n) is 2.73. The number of carbonyl (C=O) groups is 2. The minimum absolute atomic E-state index is 0.0774. The number of carbonyl (C=O) groups excluding carboxylic acids is 2. The maximum absolute atomic E-state index is 12.3. The molecule has 2 amide bonds. The zero-order valence-electron chi connectivity index (χ0n) is 13.6. The number of para-hydroxylation sites is 1. The van der Waals surface area contributed by atoms with Gasteiger partial charge in [0.25, 0.3) is 0 Å². The number of H-pyrrole nitrogens is 1. The number of hydrogen-bond donors (Lipinski definition) is 3. The largest absolute Gasteiger partial charge is 0.361 e. The van der Waals surface area contributed by atoms with E-state index in [4.69, 9.17) is 0 Å². The van der Waals surface area contributed by atoms with E-state index in [1.54, 1.807) is 12.1 Å². The normalized spacial score (nSPS) is 10.6. The molecule has 122 valence electrons. The fourth-order valence-corrected chi connectivity index (χ4v) is 2.73. The van der Waals surface area contributed by atoms with Crippen molar-refractivity contribution in [2.24, 2.45) is 0 Å². The van der Waals surface area contributed by atoms with Crippen molar-refractivity contribution < 1.29 is 9.59 Å². The molecule has 0 atom stereocenters. The van der Waals surface area contributed by atoms with E-state index in [-0.39, 0.29) is 11.8 Å². The first-order chi connectivity index (χ1) is 11.5. The number of hydrogen-bond acceptors (Lipinski definition) is 2. The summed E-state index contributed by atoms with van der Waals surface area (Å²) < 4.78 is 0. The van der Waals surface area contributed by atoms with E-state index in [0.29, 0.717) is 12.1 Å². The second-order valence-electron chi connectivity index (χ2n) is 5.80. The third-order valence-electron chi connectivity index (χ3n) is 3.85. The van der Waals surface area contributed by atoms with Crippen LogP contribution in [0.4, 0.5) is 11.4 Å². The van der Waals surface area contributed by atoms with Crippen molar-refractivity contribution in [3.05, 3.63) is 59.8 Å². The lowest BCUT2D eigenvalue weighted by atomic mass is 10.1. The highest BCUT2D eigenvalue weighted by atomic mass is 16.2. The summed E-state index contributed by atoms with van der Waals surface area (Å²) in [6.45, 7) is 3.36. The van der Waals surface area contributed by atoms with E-state index in [1.807, 2.05) is 43.5 Å². The van der Waals surface area contributed by atoms with E-state index in [2.05, 4.69) is 15.6 Å². The van der Waals surface area contributed by atoms with Crippen LogP contribution in [0.5, 0.6) is 0 Å². The lowest BCUT2D eigenvalue weighted by Crippen LogP contribution is -2.14. The Morgan fingerprint density at radius 1 is 1.08 bits per heavy atom. The Hall–Kier alpha value is -3.08. The Kier molecular flexibility index (Phi) is 4.33. The lowest BCUT2D eigenvalue weighted by Gasteiger charge is -2.10. The van der Waals surface area contributed by atoms with Gasteiger partial charge in [0.05, 0.1) is 6.42 Å². The molecule has 0 aliphatic rings. The third-order valence-corrected chi connectivity index (χ3v) is 3.85. The monoisotopic (exact) mass is 321 g/mol. The highest BCUT2D eigenvalue weighted by Crippen LogP contribution is 2.21. The first-order valence-corrected chi connectivity index (χ1v) is 7.76. The summed E-state index contributed by atoms with van der Waals surface area (Å²) in [5.74, 6) is -0.194. The Morgan fingerprint density at radius 2 is 1.88 bits per heavy atom. The summed E-state index contributed by atoms with van der Waals surface area (Å²) in [7, 11) is 0. The molecular formula is C19H19N3O2. The van der Waals surface area contributed by atoms with Crippen molar-refractivity contribution in [2.45, 2.75) is 20.3 Å². The molecule has 5 heteroatoms. The summed E-state index contributed by atoms with van der Waals surface area (Å²) in [6, 6.07) is 13.3. The molecule has 24 heavy (non-hydrogen) atoms. The van der Waals surface area contributed by atoms with Gasteiger partial charge in [-0.25, -0.2) is 0 Å². The van der Waals surface area contributed by atoms with Gasteiger partial charge < -0.3 is 15.6 Å². The summed E-state index contributed by atoms with van der Waals surface area (Å²) in [5, 5.41) is 6.72. The van der Waals surface area contributed by atoms with Crippen LogP contribution >= 0.6 is 0 Å². The molecule has 0 spiro atoms. The summed E-state index contributed by atoms with van der Waals surface area (Å²) in [6.07, 6.45) is 2.17. The molecule has 3 rings (SSSR count). The molecule has 3 N–H and O–H groups in total.